The van der Waals surface area contributed by atoms with E-state index < -0.39 is 5.60 Å². The van der Waals surface area contributed by atoms with Gasteiger partial charge in [-0.15, -0.1) is 19.0 Å². The third-order valence-corrected chi connectivity index (χ3v) is 4.03. The summed E-state index contributed by atoms with van der Waals surface area (Å²) in [5.41, 5.74) is 0.393. The average Bonchev–Trinajstić information content (AvgIpc) is 2.60. The lowest BCUT2D eigenvalue weighted by Gasteiger charge is -2.34. The van der Waals surface area contributed by atoms with E-state index in [2.05, 4.69) is 22.5 Å². The molecule has 0 saturated carbocycles. The molecule has 1 saturated heterocycles. The molecule has 1 aliphatic heterocycles. The van der Waals surface area contributed by atoms with Gasteiger partial charge in [0.2, 0.25) is 0 Å². The van der Waals surface area contributed by atoms with Gasteiger partial charge in [0.05, 0.1) is 0 Å². The Hall–Kier alpha value is -1.89. The van der Waals surface area contributed by atoms with Gasteiger partial charge in [0.1, 0.15) is 5.60 Å². The van der Waals surface area contributed by atoms with Crippen LogP contribution in [0.25, 0.3) is 0 Å². The van der Waals surface area contributed by atoms with Crippen molar-refractivity contribution in [3.8, 4) is 0 Å². The van der Waals surface area contributed by atoms with Gasteiger partial charge in [-0.3, -0.25) is 9.59 Å². The van der Waals surface area contributed by atoms with Gasteiger partial charge in [-0.25, -0.2) is 0 Å². The molecular weight excluding hydrogens is 330 g/mol. The van der Waals surface area contributed by atoms with Gasteiger partial charge in [0.15, 0.2) is 0 Å². The summed E-state index contributed by atoms with van der Waals surface area (Å²) in [6.07, 6.45) is 2.89. The van der Waals surface area contributed by atoms with Gasteiger partial charge in [0, 0.05) is 24.9 Å². The van der Waals surface area contributed by atoms with Gasteiger partial charge in [-0.2, -0.15) is 0 Å². The van der Waals surface area contributed by atoms with Crippen LogP contribution in [0.2, 0.25) is 0 Å². The molecule has 6 nitrogen and oxygen atoms in total. The van der Waals surface area contributed by atoms with Gasteiger partial charge in [-0.05, 0) is 50.2 Å². The van der Waals surface area contributed by atoms with E-state index in [0.717, 1.165) is 13.1 Å². The molecule has 24 heavy (non-hydrogen) atoms. The Labute approximate surface area is 148 Å². The molecule has 2 rings (SSSR count). The number of carbonyl (C=O) groups excluding carboxylic acids is 2. The summed E-state index contributed by atoms with van der Waals surface area (Å²) >= 11 is 0. The summed E-state index contributed by atoms with van der Waals surface area (Å²) in [5, 5.41) is 8.80. The molecule has 0 spiro atoms. The fraction of sp³-hybridized carbons (Fsp3) is 0.412. The van der Waals surface area contributed by atoms with E-state index in [4.69, 9.17) is 4.74 Å². The van der Waals surface area contributed by atoms with E-state index in [-0.39, 0.29) is 24.2 Å². The number of rotatable bonds is 6. The normalized spacial score (nSPS) is 15.7. The van der Waals surface area contributed by atoms with Gasteiger partial charge in [0.25, 0.3) is 11.8 Å². The maximum absolute atomic E-state index is 12.5. The van der Waals surface area contributed by atoms with E-state index in [0.29, 0.717) is 30.6 Å². The van der Waals surface area contributed by atoms with Crippen LogP contribution in [0.15, 0.2) is 36.9 Å². The van der Waals surface area contributed by atoms with Crippen LogP contribution >= 0.6 is 12.4 Å². The van der Waals surface area contributed by atoms with Crippen molar-refractivity contribution in [3.63, 3.8) is 0 Å². The lowest BCUT2D eigenvalue weighted by Crippen LogP contribution is -2.51. The summed E-state index contributed by atoms with van der Waals surface area (Å²) in [4.78, 5) is 24.3. The number of hydrogen-bond acceptors (Lipinski definition) is 4. The predicted octanol–water partition coefficient (Wildman–Crippen LogP) is 1.73. The smallest absolute Gasteiger partial charge is 0.256 e. The molecule has 0 atom stereocenters. The molecule has 0 unspecified atom stereocenters. The molecule has 132 valence electrons. The highest BCUT2D eigenvalue weighted by molar-refractivity contribution is 5.98. The lowest BCUT2D eigenvalue weighted by molar-refractivity contribution is -0.140. The van der Waals surface area contributed by atoms with Gasteiger partial charge < -0.3 is 20.7 Å². The quantitative estimate of drug-likeness (QED) is 0.680. The second kappa shape index (κ2) is 9.42. The van der Waals surface area contributed by atoms with Crippen LogP contribution in [0.3, 0.4) is 0 Å². The minimum atomic E-state index is -0.786. The standard InChI is InChI=1S/C17H23N3O3.ClH/c1-3-10-19-15(21)13-4-6-14(7-5-13)20-16(22)17(23-2)8-11-18-12-9-17;/h3-7,18H,1,8-12H2,2H3,(H,19,21)(H,20,22);1H. The van der Waals surface area contributed by atoms with Crippen molar-refractivity contribution in [2.75, 3.05) is 32.1 Å². The summed E-state index contributed by atoms with van der Waals surface area (Å²) < 4.78 is 5.49. The predicted molar refractivity (Wildman–Crippen MR) is 96.7 cm³/mol. The van der Waals surface area contributed by atoms with Gasteiger partial charge >= 0.3 is 0 Å². The fourth-order valence-electron chi connectivity index (χ4n) is 2.57. The van der Waals surface area contributed by atoms with Crippen molar-refractivity contribution in [1.82, 2.24) is 10.6 Å². The van der Waals surface area contributed by atoms with Crippen molar-refractivity contribution in [2.45, 2.75) is 18.4 Å². The molecule has 1 heterocycles. The molecule has 3 N–H and O–H groups in total. The second-order valence-corrected chi connectivity index (χ2v) is 5.48. The largest absolute Gasteiger partial charge is 0.368 e. The van der Waals surface area contributed by atoms with Crippen molar-refractivity contribution in [1.29, 1.82) is 0 Å². The minimum absolute atomic E-state index is 0. The Balaban J connectivity index is 0.00000288. The molecule has 1 fully saturated rings. The minimum Gasteiger partial charge on any atom is -0.368 e. The monoisotopic (exact) mass is 353 g/mol. The fourth-order valence-corrected chi connectivity index (χ4v) is 2.57. The topological polar surface area (TPSA) is 79.5 Å². The van der Waals surface area contributed by atoms with E-state index in [1.807, 2.05) is 0 Å². The van der Waals surface area contributed by atoms with E-state index in [1.54, 1.807) is 37.5 Å². The molecule has 1 aliphatic rings. The molecular formula is C17H24ClN3O3. The van der Waals surface area contributed by atoms with Crippen LogP contribution in [-0.4, -0.2) is 44.2 Å². The first-order chi connectivity index (χ1) is 11.1. The second-order valence-electron chi connectivity index (χ2n) is 5.48. The molecule has 1 aromatic rings. The summed E-state index contributed by atoms with van der Waals surface area (Å²) in [6, 6.07) is 6.78. The first kappa shape index (κ1) is 20.2. The molecule has 2 amide bonds. The summed E-state index contributed by atoms with van der Waals surface area (Å²) in [5.74, 6) is -0.320. The number of methoxy groups -OCH3 is 1. The number of nitrogens with one attached hydrogen (secondary N) is 3. The molecule has 0 bridgehead atoms. The van der Waals surface area contributed by atoms with Crippen LogP contribution in [0.5, 0.6) is 0 Å². The number of halogens is 1. The molecule has 0 radical (unpaired) electrons. The van der Waals surface area contributed by atoms with E-state index >= 15 is 0 Å². The number of benzene rings is 1. The molecule has 0 aliphatic carbocycles. The third kappa shape index (κ3) is 4.80. The van der Waals surface area contributed by atoms with Crippen LogP contribution < -0.4 is 16.0 Å². The number of hydrogen-bond donors (Lipinski definition) is 3. The van der Waals surface area contributed by atoms with Crippen molar-refractivity contribution in [3.05, 3.63) is 42.5 Å². The average molecular weight is 354 g/mol. The highest BCUT2D eigenvalue weighted by atomic mass is 35.5. The zero-order valence-corrected chi connectivity index (χ0v) is 14.6. The van der Waals surface area contributed by atoms with E-state index in [9.17, 15) is 9.59 Å². The number of anilines is 1. The summed E-state index contributed by atoms with van der Waals surface area (Å²) in [7, 11) is 1.57. The zero-order valence-electron chi connectivity index (χ0n) is 13.8. The number of carbonyl (C=O) groups is 2. The summed E-state index contributed by atoms with van der Waals surface area (Å²) in [6.45, 7) is 5.48. The Morgan fingerprint density at radius 2 is 1.92 bits per heavy atom. The molecule has 0 aromatic heterocycles. The Kier molecular flexibility index (Phi) is 7.91. The number of ether oxygens (including phenoxy) is 1. The first-order valence-corrected chi connectivity index (χ1v) is 7.68. The van der Waals surface area contributed by atoms with Crippen molar-refractivity contribution < 1.29 is 14.3 Å². The zero-order chi connectivity index (χ0) is 16.7. The molecule has 7 heteroatoms. The Morgan fingerprint density at radius 3 is 2.46 bits per heavy atom. The van der Waals surface area contributed by atoms with Crippen LogP contribution in [0, 0.1) is 0 Å². The van der Waals surface area contributed by atoms with E-state index in [1.165, 1.54) is 0 Å². The Bertz CT molecular complexity index is 569. The third-order valence-electron chi connectivity index (χ3n) is 4.03. The SMILES string of the molecule is C=CCNC(=O)c1ccc(NC(=O)C2(OC)CCNCC2)cc1.Cl. The van der Waals surface area contributed by atoms with Crippen molar-refractivity contribution in [2.24, 2.45) is 0 Å². The highest BCUT2D eigenvalue weighted by Crippen LogP contribution is 2.24. The number of amides is 2. The van der Waals surface area contributed by atoms with Crippen LogP contribution in [0.4, 0.5) is 5.69 Å². The van der Waals surface area contributed by atoms with Crippen LogP contribution in [0.1, 0.15) is 23.2 Å². The highest BCUT2D eigenvalue weighted by Gasteiger charge is 2.39. The molecule has 1 aromatic carbocycles. The first-order valence-electron chi connectivity index (χ1n) is 7.68. The van der Waals surface area contributed by atoms with Crippen molar-refractivity contribution >= 4 is 29.9 Å². The lowest BCUT2D eigenvalue weighted by atomic mass is 9.91. The Morgan fingerprint density at radius 1 is 1.29 bits per heavy atom. The van der Waals surface area contributed by atoms with Gasteiger partial charge in [-0.1, -0.05) is 6.08 Å². The number of piperidine rings is 1. The maximum Gasteiger partial charge on any atom is 0.256 e. The van der Waals surface area contributed by atoms with Crippen LogP contribution in [-0.2, 0) is 9.53 Å². The maximum atomic E-state index is 12.5.